The largest absolute Gasteiger partial charge is 0.506 e. The predicted octanol–water partition coefficient (Wildman–Crippen LogP) is 2.66. The van der Waals surface area contributed by atoms with E-state index in [2.05, 4.69) is 15.5 Å². The molecular formula is C14H15ClFN3O3. The summed E-state index contributed by atoms with van der Waals surface area (Å²) in [5.41, 5.74) is -0.224. The van der Waals surface area contributed by atoms with Crippen LogP contribution in [0.4, 0.5) is 4.39 Å². The van der Waals surface area contributed by atoms with Crippen molar-refractivity contribution in [2.45, 2.75) is 26.2 Å². The lowest BCUT2D eigenvalue weighted by Crippen LogP contribution is -2.26. The van der Waals surface area contributed by atoms with E-state index in [9.17, 15) is 14.3 Å². The number of carbonyl (C=O) groups excluding carboxylic acids is 1. The van der Waals surface area contributed by atoms with Crippen molar-refractivity contribution in [3.05, 3.63) is 40.3 Å². The Labute approximate surface area is 131 Å². The van der Waals surface area contributed by atoms with Crippen LogP contribution in [0.2, 0.25) is 5.02 Å². The molecule has 2 rings (SSSR count). The molecule has 0 saturated heterocycles. The summed E-state index contributed by atoms with van der Waals surface area (Å²) < 4.78 is 18.3. The van der Waals surface area contributed by atoms with Gasteiger partial charge in [0.1, 0.15) is 11.6 Å². The first-order valence-corrected chi connectivity index (χ1v) is 7.05. The molecule has 0 unspecified atom stereocenters. The Morgan fingerprint density at radius 1 is 1.50 bits per heavy atom. The number of hydrogen-bond acceptors (Lipinski definition) is 5. The van der Waals surface area contributed by atoms with Gasteiger partial charge in [-0.25, -0.2) is 4.39 Å². The molecular weight excluding hydrogens is 313 g/mol. The van der Waals surface area contributed by atoms with Gasteiger partial charge in [0, 0.05) is 18.9 Å². The standard InChI is InChI=1S/C14H15ClFN3O3/c1-7(2)13-18-11(22-19-13)3-4-17-14(21)9-5-8(16)6-10(15)12(9)20/h5-7,20H,3-4H2,1-2H3,(H,17,21). The normalized spacial score (nSPS) is 11.0. The first-order valence-electron chi connectivity index (χ1n) is 6.67. The van der Waals surface area contributed by atoms with Gasteiger partial charge in [-0.2, -0.15) is 4.98 Å². The van der Waals surface area contributed by atoms with Crippen LogP contribution in [0.15, 0.2) is 16.7 Å². The number of nitrogens with zero attached hydrogens (tertiary/aromatic N) is 2. The van der Waals surface area contributed by atoms with Crippen LogP contribution in [-0.4, -0.2) is 27.7 Å². The van der Waals surface area contributed by atoms with E-state index >= 15 is 0 Å². The van der Waals surface area contributed by atoms with Crippen LogP contribution < -0.4 is 5.32 Å². The molecule has 1 amide bonds. The summed E-state index contributed by atoms with van der Waals surface area (Å²) >= 11 is 5.62. The number of carbonyl (C=O) groups is 1. The first kappa shape index (κ1) is 16.2. The van der Waals surface area contributed by atoms with E-state index in [4.69, 9.17) is 16.1 Å². The van der Waals surface area contributed by atoms with Crippen LogP contribution in [0.25, 0.3) is 0 Å². The number of aromatic nitrogens is 2. The molecule has 118 valence electrons. The molecule has 22 heavy (non-hydrogen) atoms. The number of halogens is 2. The molecule has 2 N–H and O–H groups in total. The van der Waals surface area contributed by atoms with E-state index < -0.39 is 17.5 Å². The van der Waals surface area contributed by atoms with Gasteiger partial charge in [-0.3, -0.25) is 4.79 Å². The molecule has 0 aliphatic carbocycles. The molecule has 0 aliphatic rings. The second-order valence-electron chi connectivity index (χ2n) is 4.99. The van der Waals surface area contributed by atoms with Crippen LogP contribution in [0.5, 0.6) is 5.75 Å². The maximum atomic E-state index is 13.2. The van der Waals surface area contributed by atoms with Gasteiger partial charge in [-0.1, -0.05) is 30.6 Å². The zero-order valence-electron chi connectivity index (χ0n) is 12.1. The van der Waals surface area contributed by atoms with Crippen LogP contribution in [0.1, 0.15) is 41.8 Å². The summed E-state index contributed by atoms with van der Waals surface area (Å²) in [4.78, 5) is 16.1. The maximum Gasteiger partial charge on any atom is 0.255 e. The summed E-state index contributed by atoms with van der Waals surface area (Å²) in [6, 6.07) is 1.85. The van der Waals surface area contributed by atoms with Crippen molar-refractivity contribution < 1.29 is 18.8 Å². The first-order chi connectivity index (χ1) is 10.4. The van der Waals surface area contributed by atoms with E-state index in [-0.39, 0.29) is 23.0 Å². The number of hydrogen-bond donors (Lipinski definition) is 2. The Kier molecular flexibility index (Phi) is 4.97. The van der Waals surface area contributed by atoms with Gasteiger partial charge in [-0.15, -0.1) is 0 Å². The van der Waals surface area contributed by atoms with Crippen LogP contribution in [0, 0.1) is 5.82 Å². The fourth-order valence-corrected chi connectivity index (χ4v) is 1.93. The van der Waals surface area contributed by atoms with Crippen molar-refractivity contribution in [1.82, 2.24) is 15.5 Å². The number of phenols is 1. The number of amides is 1. The fourth-order valence-electron chi connectivity index (χ4n) is 1.72. The SMILES string of the molecule is CC(C)c1noc(CCNC(=O)c2cc(F)cc(Cl)c2O)n1. The molecule has 0 spiro atoms. The number of phenolic OH excluding ortho intramolecular Hbond substituents is 1. The molecule has 6 nitrogen and oxygen atoms in total. The molecule has 1 aromatic heterocycles. The zero-order valence-corrected chi connectivity index (χ0v) is 12.8. The van der Waals surface area contributed by atoms with Crippen molar-refractivity contribution in [2.75, 3.05) is 6.54 Å². The summed E-state index contributed by atoms with van der Waals surface area (Å²) in [7, 11) is 0. The van der Waals surface area contributed by atoms with Crippen LogP contribution in [0.3, 0.4) is 0 Å². The van der Waals surface area contributed by atoms with E-state index in [1.165, 1.54) is 0 Å². The minimum Gasteiger partial charge on any atom is -0.506 e. The molecule has 0 atom stereocenters. The quantitative estimate of drug-likeness (QED) is 0.881. The third-order valence-corrected chi connectivity index (χ3v) is 3.19. The van der Waals surface area contributed by atoms with E-state index in [1.807, 2.05) is 13.8 Å². The molecule has 0 radical (unpaired) electrons. The van der Waals surface area contributed by atoms with Gasteiger partial charge in [-0.05, 0) is 12.1 Å². The van der Waals surface area contributed by atoms with Crippen molar-refractivity contribution in [3.63, 3.8) is 0 Å². The highest BCUT2D eigenvalue weighted by molar-refractivity contribution is 6.32. The van der Waals surface area contributed by atoms with Gasteiger partial charge in [0.2, 0.25) is 5.89 Å². The molecule has 2 aromatic rings. The van der Waals surface area contributed by atoms with E-state index in [1.54, 1.807) is 0 Å². The molecule has 8 heteroatoms. The number of benzene rings is 1. The van der Waals surface area contributed by atoms with Gasteiger partial charge in [0.15, 0.2) is 5.82 Å². The average molecular weight is 328 g/mol. The number of rotatable bonds is 5. The monoisotopic (exact) mass is 327 g/mol. The lowest BCUT2D eigenvalue weighted by atomic mass is 10.2. The maximum absolute atomic E-state index is 13.2. The second-order valence-corrected chi connectivity index (χ2v) is 5.40. The van der Waals surface area contributed by atoms with Gasteiger partial charge in [0.05, 0.1) is 10.6 Å². The Balaban J connectivity index is 1.95. The lowest BCUT2D eigenvalue weighted by molar-refractivity contribution is 0.0950. The Bertz CT molecular complexity index is 688. The fraction of sp³-hybridized carbons (Fsp3) is 0.357. The smallest absolute Gasteiger partial charge is 0.255 e. The second kappa shape index (κ2) is 6.74. The molecule has 0 bridgehead atoms. The van der Waals surface area contributed by atoms with Gasteiger partial charge in [0.25, 0.3) is 5.91 Å². The minimum atomic E-state index is -0.702. The predicted molar refractivity (Wildman–Crippen MR) is 77.5 cm³/mol. The van der Waals surface area contributed by atoms with Crippen molar-refractivity contribution in [2.24, 2.45) is 0 Å². The molecule has 0 saturated carbocycles. The highest BCUT2D eigenvalue weighted by Crippen LogP contribution is 2.28. The average Bonchev–Trinajstić information content (AvgIpc) is 2.91. The summed E-state index contributed by atoms with van der Waals surface area (Å²) in [5.74, 6) is -0.658. The highest BCUT2D eigenvalue weighted by atomic mass is 35.5. The van der Waals surface area contributed by atoms with Crippen molar-refractivity contribution in [1.29, 1.82) is 0 Å². The van der Waals surface area contributed by atoms with Crippen LogP contribution >= 0.6 is 11.6 Å². The zero-order chi connectivity index (χ0) is 16.3. The summed E-state index contributed by atoms with van der Waals surface area (Å²) in [6.45, 7) is 4.08. The number of nitrogens with one attached hydrogen (secondary N) is 1. The Morgan fingerprint density at radius 2 is 2.23 bits per heavy atom. The van der Waals surface area contributed by atoms with E-state index in [0.717, 1.165) is 12.1 Å². The lowest BCUT2D eigenvalue weighted by Gasteiger charge is -2.07. The Hall–Kier alpha value is -2.15. The third kappa shape index (κ3) is 3.73. The topological polar surface area (TPSA) is 88.2 Å². The molecule has 1 aromatic carbocycles. The minimum absolute atomic E-state index is 0.151. The van der Waals surface area contributed by atoms with Crippen molar-refractivity contribution >= 4 is 17.5 Å². The van der Waals surface area contributed by atoms with Gasteiger partial charge < -0.3 is 14.9 Å². The third-order valence-electron chi connectivity index (χ3n) is 2.90. The highest BCUT2D eigenvalue weighted by Gasteiger charge is 2.16. The van der Waals surface area contributed by atoms with E-state index in [0.29, 0.717) is 18.1 Å². The molecule has 1 heterocycles. The molecule has 0 aliphatic heterocycles. The van der Waals surface area contributed by atoms with Crippen molar-refractivity contribution in [3.8, 4) is 5.75 Å². The Morgan fingerprint density at radius 3 is 2.86 bits per heavy atom. The summed E-state index contributed by atoms with van der Waals surface area (Å²) in [6.07, 6.45) is 0.329. The number of aromatic hydroxyl groups is 1. The summed E-state index contributed by atoms with van der Waals surface area (Å²) in [5, 5.41) is 15.8. The van der Waals surface area contributed by atoms with Gasteiger partial charge >= 0.3 is 0 Å². The van der Waals surface area contributed by atoms with Crippen LogP contribution in [-0.2, 0) is 6.42 Å². The molecule has 0 fully saturated rings.